The molecule has 1 atom stereocenters. The van der Waals surface area contributed by atoms with Crippen molar-refractivity contribution >= 4 is 5.95 Å². The fraction of sp³-hybridized carbons (Fsp3) is 0.733. The highest BCUT2D eigenvalue weighted by molar-refractivity contribution is 5.29. The molecule has 1 aromatic rings. The van der Waals surface area contributed by atoms with Crippen LogP contribution in [0.2, 0.25) is 0 Å². The maximum absolute atomic E-state index is 4.33. The first-order chi connectivity index (χ1) is 9.31. The van der Waals surface area contributed by atoms with E-state index >= 15 is 0 Å². The van der Waals surface area contributed by atoms with E-state index in [0.29, 0.717) is 12.1 Å². The van der Waals surface area contributed by atoms with E-state index in [1.165, 1.54) is 32.1 Å². The van der Waals surface area contributed by atoms with E-state index in [0.717, 1.165) is 25.0 Å². The Balaban J connectivity index is 1.44. The molecule has 2 fully saturated rings. The van der Waals surface area contributed by atoms with Crippen LogP contribution < -0.4 is 10.2 Å². The Morgan fingerprint density at radius 3 is 2.53 bits per heavy atom. The molecule has 4 heteroatoms. The predicted molar refractivity (Wildman–Crippen MR) is 77.2 cm³/mol. The Morgan fingerprint density at radius 2 is 1.89 bits per heavy atom. The Labute approximate surface area is 115 Å². The Hall–Kier alpha value is -1.16. The molecular weight excluding hydrogens is 236 g/mol. The number of aromatic nitrogens is 2. The fourth-order valence-corrected chi connectivity index (χ4v) is 3.02. The molecule has 0 radical (unpaired) electrons. The summed E-state index contributed by atoms with van der Waals surface area (Å²) in [6.45, 7) is 4.47. The van der Waals surface area contributed by atoms with Crippen molar-refractivity contribution < 1.29 is 0 Å². The van der Waals surface area contributed by atoms with Crippen LogP contribution >= 0.6 is 0 Å². The van der Waals surface area contributed by atoms with E-state index in [-0.39, 0.29) is 0 Å². The lowest BCUT2D eigenvalue weighted by Gasteiger charge is -2.34. The van der Waals surface area contributed by atoms with Crippen LogP contribution in [0.3, 0.4) is 0 Å². The van der Waals surface area contributed by atoms with Crippen molar-refractivity contribution in [2.45, 2.75) is 51.1 Å². The first-order valence-corrected chi connectivity index (χ1v) is 7.59. The maximum atomic E-state index is 4.33. The molecule has 1 N–H and O–H groups in total. The molecule has 1 saturated carbocycles. The summed E-state index contributed by atoms with van der Waals surface area (Å²) in [5.41, 5.74) is 0. The number of nitrogens with zero attached hydrogens (tertiary/aromatic N) is 3. The molecule has 0 aromatic carbocycles. The van der Waals surface area contributed by atoms with Gasteiger partial charge in [0.15, 0.2) is 0 Å². The molecule has 1 unspecified atom stereocenters. The van der Waals surface area contributed by atoms with Gasteiger partial charge < -0.3 is 10.2 Å². The van der Waals surface area contributed by atoms with E-state index in [1.807, 2.05) is 18.5 Å². The van der Waals surface area contributed by atoms with Crippen molar-refractivity contribution in [3.05, 3.63) is 18.5 Å². The molecule has 4 nitrogen and oxygen atoms in total. The molecule has 1 aromatic heterocycles. The highest BCUT2D eigenvalue weighted by Crippen LogP contribution is 2.33. The van der Waals surface area contributed by atoms with Crippen LogP contribution in [0.1, 0.15) is 39.0 Å². The number of rotatable bonds is 5. The average Bonchev–Trinajstić information content (AvgIpc) is 3.24. The lowest BCUT2D eigenvalue weighted by Crippen LogP contribution is -2.46. The number of piperidine rings is 1. The number of hydrogen-bond donors (Lipinski definition) is 1. The monoisotopic (exact) mass is 260 g/mol. The lowest BCUT2D eigenvalue weighted by molar-refractivity contribution is 0.358. The Bertz CT molecular complexity index is 382. The first kappa shape index (κ1) is 12.9. The number of nitrogens with one attached hydrogen (secondary N) is 1. The van der Waals surface area contributed by atoms with E-state index in [1.54, 1.807) is 0 Å². The van der Waals surface area contributed by atoms with Crippen LogP contribution in [-0.2, 0) is 0 Å². The van der Waals surface area contributed by atoms with Gasteiger partial charge in [0.05, 0.1) is 0 Å². The summed E-state index contributed by atoms with van der Waals surface area (Å²) in [6.07, 6.45) is 10.3. The van der Waals surface area contributed by atoms with Crippen LogP contribution in [0.5, 0.6) is 0 Å². The molecule has 104 valence electrons. The third-order valence-electron chi connectivity index (χ3n) is 4.23. The highest BCUT2D eigenvalue weighted by atomic mass is 15.3. The van der Waals surface area contributed by atoms with Crippen LogP contribution in [0.4, 0.5) is 5.95 Å². The van der Waals surface area contributed by atoms with Gasteiger partial charge in [-0.2, -0.15) is 0 Å². The smallest absolute Gasteiger partial charge is 0.225 e. The molecule has 1 aliphatic heterocycles. The summed E-state index contributed by atoms with van der Waals surface area (Å²) in [5, 5.41) is 3.79. The van der Waals surface area contributed by atoms with Gasteiger partial charge in [-0.05, 0) is 38.2 Å². The minimum absolute atomic E-state index is 0.675. The van der Waals surface area contributed by atoms with Gasteiger partial charge in [-0.3, -0.25) is 0 Å². The third-order valence-corrected chi connectivity index (χ3v) is 4.23. The first-order valence-electron chi connectivity index (χ1n) is 7.59. The second-order valence-electron chi connectivity index (χ2n) is 6.06. The zero-order chi connectivity index (χ0) is 13.1. The van der Waals surface area contributed by atoms with Crippen molar-refractivity contribution in [1.82, 2.24) is 15.3 Å². The second kappa shape index (κ2) is 5.87. The second-order valence-corrected chi connectivity index (χ2v) is 6.06. The Morgan fingerprint density at radius 1 is 1.21 bits per heavy atom. The molecule has 1 aliphatic carbocycles. The summed E-state index contributed by atoms with van der Waals surface area (Å²) >= 11 is 0. The van der Waals surface area contributed by atoms with Gasteiger partial charge in [-0.1, -0.05) is 12.8 Å². The zero-order valence-corrected chi connectivity index (χ0v) is 11.8. The van der Waals surface area contributed by atoms with Gasteiger partial charge in [0, 0.05) is 37.6 Å². The number of anilines is 1. The van der Waals surface area contributed by atoms with Crippen LogP contribution in [0.15, 0.2) is 18.5 Å². The maximum Gasteiger partial charge on any atom is 0.225 e. The summed E-state index contributed by atoms with van der Waals surface area (Å²) in [4.78, 5) is 11.0. The largest absolute Gasteiger partial charge is 0.341 e. The molecule has 19 heavy (non-hydrogen) atoms. The van der Waals surface area contributed by atoms with Crippen molar-refractivity contribution in [2.75, 3.05) is 18.0 Å². The topological polar surface area (TPSA) is 41.0 Å². The van der Waals surface area contributed by atoms with E-state index in [2.05, 4.69) is 27.1 Å². The Kier molecular flexibility index (Phi) is 3.97. The van der Waals surface area contributed by atoms with Crippen LogP contribution in [0.25, 0.3) is 0 Å². The molecule has 0 amide bonds. The van der Waals surface area contributed by atoms with Crippen LogP contribution in [0, 0.1) is 5.92 Å². The van der Waals surface area contributed by atoms with E-state index < -0.39 is 0 Å². The third kappa shape index (κ3) is 3.66. The standard InChI is InChI=1S/C15H24N4/c1-12(11-13-3-4-13)18-14-5-9-19(10-6-14)15-16-7-2-8-17-15/h2,7-8,12-14,18H,3-6,9-11H2,1H3. The van der Waals surface area contributed by atoms with Crippen molar-refractivity contribution in [3.63, 3.8) is 0 Å². The minimum Gasteiger partial charge on any atom is -0.341 e. The predicted octanol–water partition coefficient (Wildman–Crippen LogP) is 2.22. The van der Waals surface area contributed by atoms with Gasteiger partial charge in [-0.15, -0.1) is 0 Å². The number of hydrogen-bond acceptors (Lipinski definition) is 4. The van der Waals surface area contributed by atoms with Gasteiger partial charge in [0.25, 0.3) is 0 Å². The summed E-state index contributed by atoms with van der Waals surface area (Å²) in [6, 6.07) is 3.22. The SMILES string of the molecule is CC(CC1CC1)NC1CCN(c2ncccn2)CC1. The normalized spacial score (nSPS) is 22.5. The molecular formula is C15H24N4. The lowest BCUT2D eigenvalue weighted by atomic mass is 10.0. The van der Waals surface area contributed by atoms with E-state index in [4.69, 9.17) is 0 Å². The molecule has 0 spiro atoms. The van der Waals surface area contributed by atoms with Crippen molar-refractivity contribution in [2.24, 2.45) is 5.92 Å². The fourth-order valence-electron chi connectivity index (χ4n) is 3.02. The molecule has 3 rings (SSSR count). The summed E-state index contributed by atoms with van der Waals surface area (Å²) < 4.78 is 0. The van der Waals surface area contributed by atoms with Gasteiger partial charge >= 0.3 is 0 Å². The highest BCUT2D eigenvalue weighted by Gasteiger charge is 2.26. The molecule has 2 aliphatic rings. The van der Waals surface area contributed by atoms with Gasteiger partial charge in [0.1, 0.15) is 0 Å². The quantitative estimate of drug-likeness (QED) is 0.881. The molecule has 2 heterocycles. The summed E-state index contributed by atoms with van der Waals surface area (Å²) in [5.74, 6) is 1.90. The van der Waals surface area contributed by atoms with Crippen LogP contribution in [-0.4, -0.2) is 35.1 Å². The minimum atomic E-state index is 0.675. The zero-order valence-electron chi connectivity index (χ0n) is 11.8. The average molecular weight is 260 g/mol. The van der Waals surface area contributed by atoms with Crippen molar-refractivity contribution in [3.8, 4) is 0 Å². The van der Waals surface area contributed by atoms with Gasteiger partial charge in [-0.25, -0.2) is 9.97 Å². The van der Waals surface area contributed by atoms with Crippen molar-refractivity contribution in [1.29, 1.82) is 0 Å². The summed E-state index contributed by atoms with van der Waals surface area (Å²) in [7, 11) is 0. The molecule has 0 bridgehead atoms. The molecule has 1 saturated heterocycles. The van der Waals surface area contributed by atoms with Gasteiger partial charge in [0.2, 0.25) is 5.95 Å². The van der Waals surface area contributed by atoms with E-state index in [9.17, 15) is 0 Å².